The summed E-state index contributed by atoms with van der Waals surface area (Å²) in [7, 11) is 0. The molecule has 2 rings (SSSR count). The van der Waals surface area contributed by atoms with Gasteiger partial charge in [-0.25, -0.2) is 4.39 Å². The molecule has 2 aromatic rings. The highest BCUT2D eigenvalue weighted by molar-refractivity contribution is 9.10. The molecule has 0 atom stereocenters. The summed E-state index contributed by atoms with van der Waals surface area (Å²) in [6, 6.07) is 12.8. The van der Waals surface area contributed by atoms with Gasteiger partial charge in [0.15, 0.2) is 0 Å². The summed E-state index contributed by atoms with van der Waals surface area (Å²) in [4.78, 5) is 0. The Morgan fingerprint density at radius 2 is 1.75 bits per heavy atom. The van der Waals surface area contributed by atoms with Gasteiger partial charge in [0.25, 0.3) is 0 Å². The van der Waals surface area contributed by atoms with Crippen LogP contribution in [0.25, 0.3) is 11.1 Å². The topological polar surface area (TPSA) is 0 Å². The van der Waals surface area contributed by atoms with Gasteiger partial charge in [0, 0.05) is 4.47 Å². The summed E-state index contributed by atoms with van der Waals surface area (Å²) < 4.78 is 13.9. The highest BCUT2D eigenvalue weighted by Gasteiger charge is 2.04. The van der Waals surface area contributed by atoms with Crippen molar-refractivity contribution in [3.8, 4) is 11.1 Å². The van der Waals surface area contributed by atoms with E-state index in [0.717, 1.165) is 16.5 Å². The molecule has 2 aromatic carbocycles. The molecule has 0 N–H and O–H groups in total. The maximum absolute atomic E-state index is 12.8. The van der Waals surface area contributed by atoms with E-state index in [1.165, 1.54) is 23.3 Å². The zero-order valence-electron chi connectivity index (χ0n) is 9.00. The van der Waals surface area contributed by atoms with Gasteiger partial charge >= 0.3 is 0 Å². The molecule has 0 aliphatic carbocycles. The summed E-state index contributed by atoms with van der Waals surface area (Å²) in [6.45, 7) is 2.12. The predicted molar refractivity (Wildman–Crippen MR) is 68.9 cm³/mol. The minimum Gasteiger partial charge on any atom is -0.207 e. The van der Waals surface area contributed by atoms with Crippen LogP contribution in [0.1, 0.15) is 12.5 Å². The van der Waals surface area contributed by atoms with Crippen LogP contribution in [0.15, 0.2) is 46.9 Å². The first kappa shape index (κ1) is 11.3. The second-order valence-corrected chi connectivity index (χ2v) is 4.58. The average Bonchev–Trinajstić information content (AvgIpc) is 2.30. The van der Waals surface area contributed by atoms with Gasteiger partial charge in [0.05, 0.1) is 0 Å². The Kier molecular flexibility index (Phi) is 3.39. The zero-order valence-corrected chi connectivity index (χ0v) is 10.6. The van der Waals surface area contributed by atoms with E-state index in [0.29, 0.717) is 0 Å². The zero-order chi connectivity index (χ0) is 11.5. The summed E-state index contributed by atoms with van der Waals surface area (Å²) in [6.07, 6.45) is 0.964. The fraction of sp³-hybridized carbons (Fsp3) is 0.143. The van der Waals surface area contributed by atoms with Crippen molar-refractivity contribution in [3.63, 3.8) is 0 Å². The third-order valence-corrected chi connectivity index (χ3v) is 3.10. The summed E-state index contributed by atoms with van der Waals surface area (Å²) in [5.74, 6) is -0.195. The van der Waals surface area contributed by atoms with Gasteiger partial charge in [-0.05, 0) is 47.4 Å². The number of halogens is 2. The number of aryl methyl sites for hydroxylation is 1. The molecule has 0 spiro atoms. The maximum Gasteiger partial charge on any atom is 0.123 e. The molecule has 0 aliphatic rings. The van der Waals surface area contributed by atoms with Crippen LogP contribution < -0.4 is 0 Å². The Labute approximate surface area is 103 Å². The maximum atomic E-state index is 12.8. The molecule has 16 heavy (non-hydrogen) atoms. The molecule has 0 radical (unpaired) electrons. The van der Waals surface area contributed by atoms with Crippen LogP contribution in [-0.2, 0) is 6.42 Å². The van der Waals surface area contributed by atoms with Crippen molar-refractivity contribution >= 4 is 15.9 Å². The molecule has 0 saturated heterocycles. The van der Waals surface area contributed by atoms with Gasteiger partial charge in [0.2, 0.25) is 0 Å². The second kappa shape index (κ2) is 4.79. The molecule has 0 heterocycles. The minimum atomic E-state index is -0.195. The largest absolute Gasteiger partial charge is 0.207 e. The average molecular weight is 279 g/mol. The fourth-order valence-electron chi connectivity index (χ4n) is 1.77. The number of benzene rings is 2. The monoisotopic (exact) mass is 278 g/mol. The van der Waals surface area contributed by atoms with Crippen LogP contribution in [0.2, 0.25) is 0 Å². The minimum absolute atomic E-state index is 0.195. The normalized spacial score (nSPS) is 10.4. The fourth-order valence-corrected chi connectivity index (χ4v) is 2.17. The highest BCUT2D eigenvalue weighted by Crippen LogP contribution is 2.27. The molecule has 0 saturated carbocycles. The van der Waals surface area contributed by atoms with E-state index >= 15 is 0 Å². The van der Waals surface area contributed by atoms with E-state index in [1.807, 2.05) is 18.2 Å². The van der Waals surface area contributed by atoms with Crippen LogP contribution in [0.5, 0.6) is 0 Å². The van der Waals surface area contributed by atoms with Gasteiger partial charge in [-0.2, -0.15) is 0 Å². The van der Waals surface area contributed by atoms with Crippen LogP contribution in [0.4, 0.5) is 4.39 Å². The number of rotatable bonds is 2. The van der Waals surface area contributed by atoms with Crippen molar-refractivity contribution in [3.05, 3.63) is 58.3 Å². The van der Waals surface area contributed by atoms with Crippen molar-refractivity contribution in [1.29, 1.82) is 0 Å². The van der Waals surface area contributed by atoms with Crippen molar-refractivity contribution in [2.75, 3.05) is 0 Å². The third kappa shape index (κ3) is 2.33. The van der Waals surface area contributed by atoms with Gasteiger partial charge in [-0.3, -0.25) is 0 Å². The Morgan fingerprint density at radius 1 is 1.06 bits per heavy atom. The first-order chi connectivity index (χ1) is 7.70. The highest BCUT2D eigenvalue weighted by atomic mass is 79.9. The SMILES string of the molecule is CCc1cc(Br)ccc1-c1ccc(F)cc1. The molecule has 0 bridgehead atoms. The second-order valence-electron chi connectivity index (χ2n) is 3.66. The van der Waals surface area contributed by atoms with E-state index in [9.17, 15) is 4.39 Å². The number of hydrogen-bond donors (Lipinski definition) is 0. The Bertz CT molecular complexity index is 489. The van der Waals surface area contributed by atoms with Crippen LogP contribution in [0, 0.1) is 5.82 Å². The van der Waals surface area contributed by atoms with Crippen molar-refractivity contribution in [2.24, 2.45) is 0 Å². The molecule has 0 amide bonds. The predicted octanol–water partition coefficient (Wildman–Crippen LogP) is 4.82. The molecular weight excluding hydrogens is 267 g/mol. The molecule has 0 aliphatic heterocycles. The van der Waals surface area contributed by atoms with E-state index in [1.54, 1.807) is 0 Å². The number of hydrogen-bond acceptors (Lipinski definition) is 0. The summed E-state index contributed by atoms with van der Waals surface area (Å²) in [5, 5.41) is 0. The molecule has 2 heteroatoms. The molecule has 0 aromatic heterocycles. The molecule has 0 nitrogen and oxygen atoms in total. The first-order valence-electron chi connectivity index (χ1n) is 5.25. The van der Waals surface area contributed by atoms with Crippen LogP contribution >= 0.6 is 15.9 Å². The Morgan fingerprint density at radius 3 is 2.38 bits per heavy atom. The van der Waals surface area contributed by atoms with E-state index in [4.69, 9.17) is 0 Å². The van der Waals surface area contributed by atoms with E-state index in [2.05, 4.69) is 35.0 Å². The van der Waals surface area contributed by atoms with Crippen LogP contribution in [0.3, 0.4) is 0 Å². The summed E-state index contributed by atoms with van der Waals surface area (Å²) >= 11 is 3.46. The first-order valence-corrected chi connectivity index (χ1v) is 6.04. The molecular formula is C14H12BrF. The molecule has 82 valence electrons. The lowest BCUT2D eigenvalue weighted by atomic mass is 9.98. The van der Waals surface area contributed by atoms with Crippen molar-refractivity contribution in [1.82, 2.24) is 0 Å². The standard InChI is InChI=1S/C14H12BrF/c1-2-10-9-12(15)5-8-14(10)11-3-6-13(16)7-4-11/h3-9H,2H2,1H3. The van der Waals surface area contributed by atoms with Crippen molar-refractivity contribution < 1.29 is 4.39 Å². The van der Waals surface area contributed by atoms with Gasteiger partial charge < -0.3 is 0 Å². The lowest BCUT2D eigenvalue weighted by molar-refractivity contribution is 0.628. The molecule has 0 fully saturated rings. The Balaban J connectivity index is 2.51. The summed E-state index contributed by atoms with van der Waals surface area (Å²) in [5.41, 5.74) is 3.50. The Hall–Kier alpha value is -1.15. The van der Waals surface area contributed by atoms with Gasteiger partial charge in [-0.15, -0.1) is 0 Å². The molecule has 0 unspecified atom stereocenters. The quantitative estimate of drug-likeness (QED) is 0.739. The van der Waals surface area contributed by atoms with Crippen LogP contribution in [-0.4, -0.2) is 0 Å². The van der Waals surface area contributed by atoms with E-state index < -0.39 is 0 Å². The lowest BCUT2D eigenvalue weighted by Gasteiger charge is -2.08. The van der Waals surface area contributed by atoms with Gasteiger partial charge in [-0.1, -0.05) is 41.1 Å². The van der Waals surface area contributed by atoms with E-state index in [-0.39, 0.29) is 5.82 Å². The van der Waals surface area contributed by atoms with Gasteiger partial charge in [0.1, 0.15) is 5.82 Å². The van der Waals surface area contributed by atoms with Crippen molar-refractivity contribution in [2.45, 2.75) is 13.3 Å². The lowest BCUT2D eigenvalue weighted by Crippen LogP contribution is -1.88. The third-order valence-electron chi connectivity index (χ3n) is 2.60. The smallest absolute Gasteiger partial charge is 0.123 e.